The van der Waals surface area contributed by atoms with E-state index in [1.54, 1.807) is 24.3 Å². The summed E-state index contributed by atoms with van der Waals surface area (Å²) in [6, 6.07) is 21.9. The molecule has 3 rings (SSSR count). The molecule has 0 radical (unpaired) electrons. The Bertz CT molecular complexity index is 1050. The molecular weight excluding hydrogens is 392 g/mol. The zero-order valence-electron chi connectivity index (χ0n) is 17.7. The molecule has 0 aliphatic carbocycles. The fourth-order valence-corrected chi connectivity index (χ4v) is 3.09. The van der Waals surface area contributed by atoms with Gasteiger partial charge in [-0.2, -0.15) is 5.26 Å². The van der Waals surface area contributed by atoms with Gasteiger partial charge in [-0.15, -0.1) is 0 Å². The Labute approximate surface area is 182 Å². The van der Waals surface area contributed by atoms with Gasteiger partial charge in [-0.1, -0.05) is 42.5 Å². The van der Waals surface area contributed by atoms with Gasteiger partial charge in [-0.3, -0.25) is 4.79 Å². The molecular formula is C25H24N2O4. The summed E-state index contributed by atoms with van der Waals surface area (Å²) >= 11 is 0. The smallest absolute Gasteiger partial charge is 0.252 e. The van der Waals surface area contributed by atoms with Gasteiger partial charge < -0.3 is 19.5 Å². The Morgan fingerprint density at radius 2 is 1.61 bits per heavy atom. The fraction of sp³-hybridized carbons (Fsp3) is 0.200. The van der Waals surface area contributed by atoms with Crippen LogP contribution in [0.15, 0.2) is 66.7 Å². The Hall–Kier alpha value is -3.98. The maximum Gasteiger partial charge on any atom is 0.252 e. The van der Waals surface area contributed by atoms with Crippen molar-refractivity contribution in [3.63, 3.8) is 0 Å². The lowest BCUT2D eigenvalue weighted by Crippen LogP contribution is -2.26. The van der Waals surface area contributed by atoms with Crippen LogP contribution in [0.5, 0.6) is 17.2 Å². The number of hydrogen-bond acceptors (Lipinski definition) is 5. The van der Waals surface area contributed by atoms with Gasteiger partial charge in [0.1, 0.15) is 6.61 Å². The largest absolute Gasteiger partial charge is 0.493 e. The molecule has 31 heavy (non-hydrogen) atoms. The van der Waals surface area contributed by atoms with E-state index in [2.05, 4.69) is 11.4 Å². The molecule has 1 amide bonds. The molecule has 3 aromatic carbocycles. The number of carbonyl (C=O) groups excluding carboxylic acids is 1. The van der Waals surface area contributed by atoms with Crippen LogP contribution in [0.4, 0.5) is 0 Å². The lowest BCUT2D eigenvalue weighted by molar-refractivity contribution is 0.0939. The first-order chi connectivity index (χ1) is 15.0. The lowest BCUT2D eigenvalue weighted by atomic mass is 10.1. The van der Waals surface area contributed by atoms with Crippen LogP contribution >= 0.6 is 0 Å². The number of carbonyl (C=O) groups is 1. The zero-order valence-corrected chi connectivity index (χ0v) is 17.7. The first-order valence-electron chi connectivity index (χ1n) is 9.79. The fourth-order valence-electron chi connectivity index (χ4n) is 3.09. The predicted molar refractivity (Wildman–Crippen MR) is 117 cm³/mol. The van der Waals surface area contributed by atoms with Gasteiger partial charge >= 0.3 is 0 Å². The molecule has 0 heterocycles. The maximum atomic E-state index is 12.9. The second kappa shape index (κ2) is 10.2. The monoisotopic (exact) mass is 416 g/mol. The van der Waals surface area contributed by atoms with Crippen molar-refractivity contribution < 1.29 is 19.0 Å². The van der Waals surface area contributed by atoms with Gasteiger partial charge in [-0.25, -0.2) is 0 Å². The number of amides is 1. The van der Waals surface area contributed by atoms with Crippen LogP contribution in [0.3, 0.4) is 0 Å². The summed E-state index contributed by atoms with van der Waals surface area (Å²) in [5, 5.41) is 11.9. The molecule has 0 spiro atoms. The molecule has 6 nitrogen and oxygen atoms in total. The highest BCUT2D eigenvalue weighted by Gasteiger charge is 2.19. The van der Waals surface area contributed by atoms with Crippen molar-refractivity contribution in [3.05, 3.63) is 89.0 Å². The first kappa shape index (κ1) is 21.7. The minimum Gasteiger partial charge on any atom is -0.493 e. The van der Waals surface area contributed by atoms with E-state index >= 15 is 0 Å². The number of hydrogen-bond donors (Lipinski definition) is 1. The molecule has 0 aliphatic rings. The molecule has 1 N–H and O–H groups in total. The number of ether oxygens (including phenoxy) is 3. The van der Waals surface area contributed by atoms with Crippen LogP contribution in [-0.4, -0.2) is 20.1 Å². The SMILES string of the molecule is COc1cc(C(=O)NC(C)c2ccc(C#N)cc2)cc(OC)c1OCc1ccccc1. The molecule has 0 saturated heterocycles. The molecule has 1 atom stereocenters. The third-order valence-corrected chi connectivity index (χ3v) is 4.84. The lowest BCUT2D eigenvalue weighted by Gasteiger charge is -2.18. The van der Waals surface area contributed by atoms with Crippen molar-refractivity contribution in [1.82, 2.24) is 5.32 Å². The van der Waals surface area contributed by atoms with E-state index in [0.29, 0.717) is 35.0 Å². The molecule has 0 fully saturated rings. The van der Waals surface area contributed by atoms with Crippen molar-refractivity contribution in [1.29, 1.82) is 5.26 Å². The Morgan fingerprint density at radius 1 is 1.00 bits per heavy atom. The molecule has 0 aliphatic heterocycles. The summed E-state index contributed by atoms with van der Waals surface area (Å²) < 4.78 is 16.9. The second-order valence-corrected chi connectivity index (χ2v) is 6.91. The van der Waals surface area contributed by atoms with Gasteiger partial charge in [-0.05, 0) is 42.3 Å². The van der Waals surface area contributed by atoms with Crippen LogP contribution in [0.2, 0.25) is 0 Å². The number of benzene rings is 3. The average Bonchev–Trinajstić information content (AvgIpc) is 2.82. The minimum atomic E-state index is -0.275. The number of rotatable bonds is 8. The molecule has 158 valence electrons. The van der Waals surface area contributed by atoms with Crippen LogP contribution < -0.4 is 19.5 Å². The second-order valence-electron chi connectivity index (χ2n) is 6.91. The summed E-state index contributed by atoms with van der Waals surface area (Å²) in [6.07, 6.45) is 0. The summed E-state index contributed by atoms with van der Waals surface area (Å²) in [7, 11) is 3.04. The third-order valence-electron chi connectivity index (χ3n) is 4.84. The van der Waals surface area contributed by atoms with Gasteiger partial charge in [0.15, 0.2) is 11.5 Å². The average molecular weight is 416 g/mol. The summed E-state index contributed by atoms with van der Waals surface area (Å²) in [4.78, 5) is 12.9. The highest BCUT2D eigenvalue weighted by Crippen LogP contribution is 2.39. The molecule has 1 unspecified atom stereocenters. The Morgan fingerprint density at radius 3 is 2.16 bits per heavy atom. The van der Waals surface area contributed by atoms with Crippen molar-refractivity contribution in [2.24, 2.45) is 0 Å². The molecule has 0 aromatic heterocycles. The van der Waals surface area contributed by atoms with Gasteiger partial charge in [0.05, 0.1) is 31.9 Å². The number of nitrogens with one attached hydrogen (secondary N) is 1. The van der Waals surface area contributed by atoms with Crippen LogP contribution in [-0.2, 0) is 6.61 Å². The normalized spacial score (nSPS) is 11.2. The van der Waals surface area contributed by atoms with Gasteiger partial charge in [0.25, 0.3) is 5.91 Å². The van der Waals surface area contributed by atoms with Gasteiger partial charge in [0, 0.05) is 5.56 Å². The number of methoxy groups -OCH3 is 2. The number of nitrogens with zero attached hydrogens (tertiary/aromatic N) is 1. The minimum absolute atomic E-state index is 0.244. The van der Waals surface area contributed by atoms with Crippen molar-refractivity contribution in [2.45, 2.75) is 19.6 Å². The van der Waals surface area contributed by atoms with E-state index in [1.165, 1.54) is 14.2 Å². The summed E-state index contributed by atoms with van der Waals surface area (Å²) in [5.74, 6) is 0.978. The van der Waals surface area contributed by atoms with E-state index in [9.17, 15) is 4.79 Å². The quantitative estimate of drug-likeness (QED) is 0.578. The zero-order chi connectivity index (χ0) is 22.2. The third kappa shape index (κ3) is 5.34. The molecule has 0 bridgehead atoms. The predicted octanol–water partition coefficient (Wildman–Crippen LogP) is 4.65. The molecule has 6 heteroatoms. The number of nitriles is 1. The van der Waals surface area contributed by atoms with Crippen LogP contribution in [0.25, 0.3) is 0 Å². The standard InChI is InChI=1S/C25H24N2O4/c1-17(20-11-9-18(15-26)10-12-20)27-25(28)21-13-22(29-2)24(23(14-21)30-3)31-16-19-7-5-4-6-8-19/h4-14,17H,16H2,1-3H3,(H,27,28). The molecule has 0 saturated carbocycles. The van der Waals surface area contributed by atoms with Crippen LogP contribution in [0, 0.1) is 11.3 Å². The van der Waals surface area contributed by atoms with Crippen molar-refractivity contribution in [2.75, 3.05) is 14.2 Å². The molecule has 3 aromatic rings. The summed E-state index contributed by atoms with van der Waals surface area (Å²) in [6.45, 7) is 2.22. The van der Waals surface area contributed by atoms with E-state index in [4.69, 9.17) is 19.5 Å². The topological polar surface area (TPSA) is 80.6 Å². The Balaban J connectivity index is 1.78. The highest BCUT2D eigenvalue weighted by molar-refractivity contribution is 5.95. The van der Waals surface area contributed by atoms with Crippen LogP contribution in [0.1, 0.15) is 40.0 Å². The first-order valence-corrected chi connectivity index (χ1v) is 9.79. The van der Waals surface area contributed by atoms with E-state index in [1.807, 2.05) is 49.4 Å². The van der Waals surface area contributed by atoms with E-state index < -0.39 is 0 Å². The van der Waals surface area contributed by atoms with E-state index in [-0.39, 0.29) is 11.9 Å². The van der Waals surface area contributed by atoms with E-state index in [0.717, 1.165) is 11.1 Å². The summed E-state index contributed by atoms with van der Waals surface area (Å²) in [5.41, 5.74) is 2.86. The Kier molecular flexibility index (Phi) is 7.13. The van der Waals surface area contributed by atoms with Crippen molar-refractivity contribution in [3.8, 4) is 23.3 Å². The van der Waals surface area contributed by atoms with Crippen molar-refractivity contribution >= 4 is 5.91 Å². The highest BCUT2D eigenvalue weighted by atomic mass is 16.5. The van der Waals surface area contributed by atoms with Gasteiger partial charge in [0.2, 0.25) is 5.75 Å². The maximum absolute atomic E-state index is 12.9.